The van der Waals surface area contributed by atoms with Crippen molar-refractivity contribution < 1.29 is 22.7 Å². The molecule has 1 aromatic rings. The average Bonchev–Trinajstić information content (AvgIpc) is 2.81. The van der Waals surface area contributed by atoms with Crippen LogP contribution in [-0.4, -0.2) is 18.7 Å². The van der Waals surface area contributed by atoms with Crippen molar-refractivity contribution in [3.05, 3.63) is 29.6 Å². The van der Waals surface area contributed by atoms with E-state index < -0.39 is 35.3 Å². The third kappa shape index (κ3) is 3.49. The van der Waals surface area contributed by atoms with E-state index in [9.17, 15) is 18.0 Å². The van der Waals surface area contributed by atoms with E-state index in [-0.39, 0.29) is 6.54 Å². The van der Waals surface area contributed by atoms with Crippen molar-refractivity contribution in [1.29, 1.82) is 0 Å². The van der Waals surface area contributed by atoms with Gasteiger partial charge in [-0.3, -0.25) is 4.90 Å². The van der Waals surface area contributed by atoms with Gasteiger partial charge in [0.15, 0.2) is 11.6 Å². The normalized spacial score (nSPS) is 18.2. The number of halogens is 3. The molecule has 1 aromatic carbocycles. The highest BCUT2D eigenvalue weighted by Crippen LogP contribution is 2.30. The van der Waals surface area contributed by atoms with Crippen molar-refractivity contribution in [2.45, 2.75) is 45.1 Å². The Bertz CT molecular complexity index is 522. The van der Waals surface area contributed by atoms with Crippen LogP contribution in [0.5, 0.6) is 0 Å². The lowest BCUT2D eigenvalue weighted by Crippen LogP contribution is -2.27. The zero-order chi connectivity index (χ0) is 15.4. The largest absolute Gasteiger partial charge is 0.444 e. The number of rotatable bonds is 6. The van der Waals surface area contributed by atoms with Crippen LogP contribution in [0.4, 0.5) is 23.7 Å². The van der Waals surface area contributed by atoms with Gasteiger partial charge >= 0.3 is 6.09 Å². The molecule has 0 aliphatic carbocycles. The third-order valence-electron chi connectivity index (χ3n) is 3.54. The highest BCUT2D eigenvalue weighted by atomic mass is 19.2. The molecule has 2 rings (SSSR count). The molecule has 0 saturated carbocycles. The highest BCUT2D eigenvalue weighted by Gasteiger charge is 2.35. The molecule has 1 fully saturated rings. The van der Waals surface area contributed by atoms with E-state index in [4.69, 9.17) is 4.74 Å². The Morgan fingerprint density at radius 3 is 2.62 bits per heavy atom. The van der Waals surface area contributed by atoms with Gasteiger partial charge in [-0.15, -0.1) is 0 Å². The molecule has 1 aliphatic rings. The van der Waals surface area contributed by atoms with Gasteiger partial charge in [-0.05, 0) is 25.0 Å². The van der Waals surface area contributed by atoms with Crippen LogP contribution in [0.2, 0.25) is 0 Å². The predicted octanol–water partition coefficient (Wildman–Crippen LogP) is 4.40. The standard InChI is InChI=1S/C15H18F3NO2/c1-2-3-4-5-6-10-9-19(15(20)21-10)14-12(17)8-7-11(16)13(14)18/h7-8,10H,2-6,9H2,1H3. The Kier molecular flexibility index (Phi) is 5.09. The lowest BCUT2D eigenvalue weighted by Gasteiger charge is -2.15. The molecule has 1 amide bonds. The van der Waals surface area contributed by atoms with Crippen LogP contribution < -0.4 is 4.90 Å². The fourth-order valence-corrected chi connectivity index (χ4v) is 2.42. The zero-order valence-electron chi connectivity index (χ0n) is 11.9. The molecule has 3 nitrogen and oxygen atoms in total. The molecule has 0 spiro atoms. The average molecular weight is 301 g/mol. The van der Waals surface area contributed by atoms with Gasteiger partial charge in [-0.2, -0.15) is 0 Å². The molecule has 1 heterocycles. The molecule has 116 valence electrons. The molecule has 1 aliphatic heterocycles. The van der Waals surface area contributed by atoms with E-state index in [1.54, 1.807) is 0 Å². The first kappa shape index (κ1) is 15.7. The summed E-state index contributed by atoms with van der Waals surface area (Å²) in [6.45, 7) is 2.13. The minimum absolute atomic E-state index is 0.0439. The van der Waals surface area contributed by atoms with Crippen molar-refractivity contribution in [3.63, 3.8) is 0 Å². The van der Waals surface area contributed by atoms with Crippen LogP contribution in [0.1, 0.15) is 39.0 Å². The van der Waals surface area contributed by atoms with Crippen molar-refractivity contribution in [2.75, 3.05) is 11.4 Å². The first-order valence-corrected chi connectivity index (χ1v) is 7.16. The van der Waals surface area contributed by atoms with E-state index >= 15 is 0 Å². The van der Waals surface area contributed by atoms with Gasteiger partial charge in [0.25, 0.3) is 0 Å². The summed E-state index contributed by atoms with van der Waals surface area (Å²) in [6.07, 6.45) is 3.49. The predicted molar refractivity (Wildman–Crippen MR) is 72.7 cm³/mol. The number of hydrogen-bond acceptors (Lipinski definition) is 2. The summed E-state index contributed by atoms with van der Waals surface area (Å²) in [5.41, 5.74) is -0.670. The Balaban J connectivity index is 2.05. The van der Waals surface area contributed by atoms with Crippen LogP contribution in [0.15, 0.2) is 12.1 Å². The lowest BCUT2D eigenvalue weighted by atomic mass is 10.1. The minimum Gasteiger partial charge on any atom is -0.444 e. The summed E-state index contributed by atoms with van der Waals surface area (Å²) in [5.74, 6) is -3.53. The maximum Gasteiger partial charge on any atom is 0.414 e. The van der Waals surface area contributed by atoms with Gasteiger partial charge in [-0.25, -0.2) is 18.0 Å². The van der Waals surface area contributed by atoms with Crippen molar-refractivity contribution >= 4 is 11.8 Å². The van der Waals surface area contributed by atoms with Gasteiger partial charge in [0.2, 0.25) is 0 Å². The summed E-state index contributed by atoms with van der Waals surface area (Å²) in [7, 11) is 0. The molecular weight excluding hydrogens is 283 g/mol. The number of hydrogen-bond donors (Lipinski definition) is 0. The third-order valence-corrected chi connectivity index (χ3v) is 3.54. The van der Waals surface area contributed by atoms with Crippen molar-refractivity contribution in [2.24, 2.45) is 0 Å². The first-order valence-electron chi connectivity index (χ1n) is 7.16. The number of benzene rings is 1. The molecule has 0 aromatic heterocycles. The topological polar surface area (TPSA) is 29.5 Å². The summed E-state index contributed by atoms with van der Waals surface area (Å²) < 4.78 is 45.7. The molecule has 1 unspecified atom stereocenters. The SMILES string of the molecule is CCCCCCC1CN(c2c(F)ccc(F)c2F)C(=O)O1. The van der Waals surface area contributed by atoms with E-state index in [1.165, 1.54) is 0 Å². The van der Waals surface area contributed by atoms with Crippen LogP contribution in [0.3, 0.4) is 0 Å². The maximum absolute atomic E-state index is 13.7. The van der Waals surface area contributed by atoms with Gasteiger partial charge in [0.05, 0.1) is 6.54 Å². The maximum atomic E-state index is 13.7. The molecule has 0 N–H and O–H groups in total. The van der Waals surface area contributed by atoms with Crippen LogP contribution >= 0.6 is 0 Å². The second-order valence-electron chi connectivity index (χ2n) is 5.16. The van der Waals surface area contributed by atoms with Crippen molar-refractivity contribution in [3.8, 4) is 0 Å². The summed E-state index contributed by atoms with van der Waals surface area (Å²) >= 11 is 0. The van der Waals surface area contributed by atoms with Crippen LogP contribution in [0, 0.1) is 17.5 Å². The smallest absolute Gasteiger partial charge is 0.414 e. The molecule has 0 radical (unpaired) electrons. The lowest BCUT2D eigenvalue weighted by molar-refractivity contribution is 0.135. The Labute approximate surface area is 121 Å². The second kappa shape index (κ2) is 6.83. The fraction of sp³-hybridized carbons (Fsp3) is 0.533. The number of ether oxygens (including phenoxy) is 1. The number of nitrogens with zero attached hydrogens (tertiary/aromatic N) is 1. The fourth-order valence-electron chi connectivity index (χ4n) is 2.42. The minimum atomic E-state index is -1.36. The van der Waals surface area contributed by atoms with Crippen LogP contribution in [0.25, 0.3) is 0 Å². The molecule has 21 heavy (non-hydrogen) atoms. The summed E-state index contributed by atoms with van der Waals surface area (Å²) in [5, 5.41) is 0. The molecule has 1 saturated heterocycles. The molecular formula is C15H18F3NO2. The zero-order valence-corrected chi connectivity index (χ0v) is 11.9. The van der Waals surface area contributed by atoms with Gasteiger partial charge in [0.1, 0.15) is 17.6 Å². The molecule has 6 heteroatoms. The number of unbranched alkanes of at least 4 members (excludes halogenated alkanes) is 3. The summed E-state index contributed by atoms with van der Waals surface area (Å²) in [6, 6.07) is 1.49. The number of carbonyl (C=O) groups is 1. The number of carbonyl (C=O) groups excluding carboxylic acids is 1. The van der Waals surface area contributed by atoms with E-state index in [2.05, 4.69) is 6.92 Å². The van der Waals surface area contributed by atoms with E-state index in [1.807, 2.05) is 0 Å². The molecule has 1 atom stereocenters. The Morgan fingerprint density at radius 1 is 1.19 bits per heavy atom. The van der Waals surface area contributed by atoms with Crippen LogP contribution in [-0.2, 0) is 4.74 Å². The first-order chi connectivity index (χ1) is 10.0. The quantitative estimate of drug-likeness (QED) is 0.576. The van der Waals surface area contributed by atoms with Gasteiger partial charge in [0, 0.05) is 0 Å². The van der Waals surface area contributed by atoms with Gasteiger partial charge in [-0.1, -0.05) is 26.2 Å². The number of cyclic esters (lactones) is 1. The summed E-state index contributed by atoms with van der Waals surface area (Å²) in [4.78, 5) is 12.6. The van der Waals surface area contributed by atoms with Gasteiger partial charge < -0.3 is 4.74 Å². The molecule has 0 bridgehead atoms. The van der Waals surface area contributed by atoms with E-state index in [0.717, 1.165) is 36.6 Å². The monoisotopic (exact) mass is 301 g/mol. The van der Waals surface area contributed by atoms with E-state index in [0.29, 0.717) is 12.5 Å². The highest BCUT2D eigenvalue weighted by molar-refractivity contribution is 5.90. The number of amides is 1. The van der Waals surface area contributed by atoms with Crippen molar-refractivity contribution in [1.82, 2.24) is 0 Å². The Hall–Kier alpha value is -1.72. The number of anilines is 1. The Morgan fingerprint density at radius 2 is 1.90 bits per heavy atom. The second-order valence-corrected chi connectivity index (χ2v) is 5.16.